The molecule has 1 aliphatic carbocycles. The van der Waals surface area contributed by atoms with Crippen LogP contribution in [0.4, 0.5) is 5.82 Å². The van der Waals surface area contributed by atoms with E-state index >= 15 is 0 Å². The first-order valence-electron chi connectivity index (χ1n) is 6.94. The van der Waals surface area contributed by atoms with Crippen molar-refractivity contribution in [3.63, 3.8) is 0 Å². The standard InChI is InChI=1S/C16H20N2O2/c1-16(2)12(9-13(16)20-3)17-14-8-10-6-4-5-7-11(10)15(19)18-14/h4-8,12-13H,9H2,1-3H3,(H2,17,18,19). The molecule has 1 saturated carbocycles. The molecule has 1 fully saturated rings. The van der Waals surface area contributed by atoms with Gasteiger partial charge in [0.05, 0.1) is 6.10 Å². The third-order valence-electron chi connectivity index (χ3n) is 4.55. The van der Waals surface area contributed by atoms with Gasteiger partial charge in [0.15, 0.2) is 0 Å². The first-order valence-corrected chi connectivity index (χ1v) is 6.94. The molecular formula is C16H20N2O2. The Hall–Kier alpha value is -1.81. The van der Waals surface area contributed by atoms with Gasteiger partial charge in [-0.15, -0.1) is 0 Å². The highest BCUT2D eigenvalue weighted by atomic mass is 16.5. The number of nitrogens with one attached hydrogen (secondary N) is 2. The van der Waals surface area contributed by atoms with Crippen LogP contribution < -0.4 is 10.9 Å². The molecule has 0 bridgehead atoms. The van der Waals surface area contributed by atoms with E-state index in [4.69, 9.17) is 4.74 Å². The molecule has 0 saturated heterocycles. The number of methoxy groups -OCH3 is 1. The quantitative estimate of drug-likeness (QED) is 0.903. The minimum Gasteiger partial charge on any atom is -0.381 e. The molecule has 4 heteroatoms. The lowest BCUT2D eigenvalue weighted by atomic mass is 9.64. The third kappa shape index (κ3) is 2.00. The summed E-state index contributed by atoms with van der Waals surface area (Å²) in [6.07, 6.45) is 1.23. The van der Waals surface area contributed by atoms with Crippen LogP contribution in [0.15, 0.2) is 35.1 Å². The highest BCUT2D eigenvalue weighted by Crippen LogP contribution is 2.43. The van der Waals surface area contributed by atoms with Crippen molar-refractivity contribution in [1.82, 2.24) is 4.98 Å². The van der Waals surface area contributed by atoms with Gasteiger partial charge >= 0.3 is 0 Å². The molecule has 106 valence electrons. The van der Waals surface area contributed by atoms with Gasteiger partial charge < -0.3 is 15.0 Å². The van der Waals surface area contributed by atoms with E-state index in [1.165, 1.54) is 0 Å². The van der Waals surface area contributed by atoms with Gasteiger partial charge in [-0.3, -0.25) is 4.79 Å². The molecule has 0 aliphatic heterocycles. The molecule has 1 aliphatic rings. The molecular weight excluding hydrogens is 252 g/mol. The predicted octanol–water partition coefficient (Wildman–Crippen LogP) is 2.75. The molecule has 2 aromatic rings. The molecule has 20 heavy (non-hydrogen) atoms. The van der Waals surface area contributed by atoms with Crippen molar-refractivity contribution in [1.29, 1.82) is 0 Å². The zero-order valence-electron chi connectivity index (χ0n) is 12.1. The fraction of sp³-hybridized carbons (Fsp3) is 0.438. The predicted molar refractivity (Wildman–Crippen MR) is 81.2 cm³/mol. The molecule has 0 amide bonds. The number of pyridine rings is 1. The van der Waals surface area contributed by atoms with E-state index < -0.39 is 0 Å². The molecule has 2 N–H and O–H groups in total. The van der Waals surface area contributed by atoms with Gasteiger partial charge in [0.2, 0.25) is 0 Å². The van der Waals surface area contributed by atoms with E-state index in [0.29, 0.717) is 6.04 Å². The largest absolute Gasteiger partial charge is 0.381 e. The normalized spacial score (nSPS) is 24.4. The van der Waals surface area contributed by atoms with Gasteiger partial charge in [-0.1, -0.05) is 32.0 Å². The van der Waals surface area contributed by atoms with Crippen molar-refractivity contribution in [3.05, 3.63) is 40.7 Å². The first-order chi connectivity index (χ1) is 9.52. The maximum absolute atomic E-state index is 12.0. The number of hydrogen-bond acceptors (Lipinski definition) is 3. The summed E-state index contributed by atoms with van der Waals surface area (Å²) in [6.45, 7) is 4.36. The Morgan fingerprint density at radius 1 is 1.35 bits per heavy atom. The molecule has 3 rings (SSSR count). The second-order valence-electron chi connectivity index (χ2n) is 6.08. The Morgan fingerprint density at radius 2 is 2.10 bits per heavy atom. The number of hydrogen-bond donors (Lipinski definition) is 2. The van der Waals surface area contributed by atoms with Gasteiger partial charge in [-0.25, -0.2) is 0 Å². The summed E-state index contributed by atoms with van der Waals surface area (Å²) in [5, 5.41) is 5.11. The maximum Gasteiger partial charge on any atom is 0.257 e. The lowest BCUT2D eigenvalue weighted by molar-refractivity contribution is -0.0795. The summed E-state index contributed by atoms with van der Waals surface area (Å²) in [5.41, 5.74) is 0.0168. The van der Waals surface area contributed by atoms with Crippen molar-refractivity contribution < 1.29 is 4.74 Å². The Bertz CT molecular complexity index is 690. The Labute approximate surface area is 118 Å². The molecule has 1 heterocycles. The first kappa shape index (κ1) is 13.2. The maximum atomic E-state index is 12.0. The van der Waals surface area contributed by atoms with Crippen molar-refractivity contribution in [3.8, 4) is 0 Å². The summed E-state index contributed by atoms with van der Waals surface area (Å²) < 4.78 is 5.45. The minimum absolute atomic E-state index is 0.0500. The number of anilines is 1. The second-order valence-corrected chi connectivity index (χ2v) is 6.08. The monoisotopic (exact) mass is 272 g/mol. The number of fused-ring (bicyclic) bond motifs is 1. The lowest BCUT2D eigenvalue weighted by Gasteiger charge is -2.51. The van der Waals surface area contributed by atoms with Crippen LogP contribution in [0, 0.1) is 5.41 Å². The highest BCUT2D eigenvalue weighted by molar-refractivity contribution is 5.83. The summed E-state index contributed by atoms with van der Waals surface area (Å²) in [6, 6.07) is 9.92. The molecule has 0 spiro atoms. The van der Waals surface area contributed by atoms with E-state index in [0.717, 1.165) is 23.0 Å². The SMILES string of the molecule is COC1CC(Nc2cc3ccccc3c(=O)[nH]2)C1(C)C. The summed E-state index contributed by atoms with van der Waals surface area (Å²) in [7, 11) is 1.75. The average Bonchev–Trinajstić information content (AvgIpc) is 2.43. The van der Waals surface area contributed by atoms with Crippen molar-refractivity contribution in [2.24, 2.45) is 5.41 Å². The number of aromatic amines is 1. The zero-order valence-corrected chi connectivity index (χ0v) is 12.1. The summed E-state index contributed by atoms with van der Waals surface area (Å²) in [4.78, 5) is 15.0. The molecule has 0 radical (unpaired) electrons. The van der Waals surface area contributed by atoms with E-state index in [9.17, 15) is 4.79 Å². The van der Waals surface area contributed by atoms with E-state index in [2.05, 4.69) is 24.1 Å². The second kappa shape index (κ2) is 4.63. The van der Waals surface area contributed by atoms with Crippen molar-refractivity contribution >= 4 is 16.6 Å². The Balaban J connectivity index is 1.88. The minimum atomic E-state index is -0.0500. The summed E-state index contributed by atoms with van der Waals surface area (Å²) in [5.74, 6) is 0.779. The van der Waals surface area contributed by atoms with Crippen LogP contribution in [0.1, 0.15) is 20.3 Å². The van der Waals surface area contributed by atoms with E-state index in [-0.39, 0.29) is 17.1 Å². The number of H-pyrrole nitrogens is 1. The van der Waals surface area contributed by atoms with E-state index in [1.807, 2.05) is 30.3 Å². The van der Waals surface area contributed by atoms with E-state index in [1.54, 1.807) is 7.11 Å². The lowest BCUT2D eigenvalue weighted by Crippen LogP contribution is -2.57. The molecule has 2 atom stereocenters. The third-order valence-corrected chi connectivity index (χ3v) is 4.55. The van der Waals surface area contributed by atoms with Gasteiger partial charge in [0, 0.05) is 24.0 Å². The van der Waals surface area contributed by atoms with Crippen LogP contribution in [-0.4, -0.2) is 24.2 Å². The van der Waals surface area contributed by atoms with Gasteiger partial charge in [-0.05, 0) is 23.9 Å². The molecule has 1 aromatic heterocycles. The van der Waals surface area contributed by atoms with Crippen LogP contribution in [-0.2, 0) is 4.74 Å². The van der Waals surface area contributed by atoms with Gasteiger partial charge in [0.25, 0.3) is 5.56 Å². The van der Waals surface area contributed by atoms with Crippen LogP contribution >= 0.6 is 0 Å². The van der Waals surface area contributed by atoms with Crippen LogP contribution in [0.25, 0.3) is 10.8 Å². The molecule has 1 aromatic carbocycles. The molecule has 2 unspecified atom stereocenters. The Morgan fingerprint density at radius 3 is 2.80 bits per heavy atom. The van der Waals surface area contributed by atoms with Gasteiger partial charge in [0.1, 0.15) is 5.82 Å². The zero-order chi connectivity index (χ0) is 14.3. The number of rotatable bonds is 3. The van der Waals surface area contributed by atoms with Crippen LogP contribution in [0.3, 0.4) is 0 Å². The Kier molecular flexibility index (Phi) is 3.05. The molecule has 4 nitrogen and oxygen atoms in total. The fourth-order valence-corrected chi connectivity index (χ4v) is 3.01. The van der Waals surface area contributed by atoms with Crippen molar-refractivity contribution in [2.45, 2.75) is 32.4 Å². The van der Waals surface area contributed by atoms with Gasteiger partial charge in [-0.2, -0.15) is 0 Å². The van der Waals surface area contributed by atoms with Crippen LogP contribution in [0.2, 0.25) is 0 Å². The number of ether oxygens (including phenoxy) is 1. The number of benzene rings is 1. The van der Waals surface area contributed by atoms with Crippen molar-refractivity contribution in [2.75, 3.05) is 12.4 Å². The van der Waals surface area contributed by atoms with Crippen LogP contribution in [0.5, 0.6) is 0 Å². The topological polar surface area (TPSA) is 54.1 Å². The highest BCUT2D eigenvalue weighted by Gasteiger charge is 2.48. The summed E-state index contributed by atoms with van der Waals surface area (Å²) >= 11 is 0. The average molecular weight is 272 g/mol. The number of aromatic nitrogens is 1. The smallest absolute Gasteiger partial charge is 0.257 e. The fourth-order valence-electron chi connectivity index (χ4n) is 3.01.